The molecule has 4 nitrogen and oxygen atoms in total. The van der Waals surface area contributed by atoms with E-state index in [2.05, 4.69) is 5.32 Å². The monoisotopic (exact) mass is 399 g/mol. The summed E-state index contributed by atoms with van der Waals surface area (Å²) in [6, 6.07) is 17.5. The summed E-state index contributed by atoms with van der Waals surface area (Å²) in [7, 11) is 0. The summed E-state index contributed by atoms with van der Waals surface area (Å²) in [5.41, 5.74) is 0.978. The lowest BCUT2D eigenvalue weighted by atomic mass is 10.1. The topological polar surface area (TPSA) is 47.6 Å². The van der Waals surface area contributed by atoms with Gasteiger partial charge in [-0.05, 0) is 35.2 Å². The van der Waals surface area contributed by atoms with Crippen molar-refractivity contribution >= 4 is 40.0 Å². The van der Waals surface area contributed by atoms with Gasteiger partial charge in [0, 0.05) is 21.8 Å². The number of carbonyl (C=O) groups excluding carboxylic acids is 1. The molecule has 0 aromatic heterocycles. The molecule has 0 atom stereocenters. The lowest BCUT2D eigenvalue weighted by Gasteiger charge is -2.19. The van der Waals surface area contributed by atoms with E-state index in [1.807, 2.05) is 54.6 Å². The quantitative estimate of drug-likeness (QED) is 0.633. The van der Waals surface area contributed by atoms with Crippen LogP contribution in [0.5, 0.6) is 11.5 Å². The van der Waals surface area contributed by atoms with E-state index in [0.29, 0.717) is 30.5 Å². The van der Waals surface area contributed by atoms with Crippen LogP contribution >= 0.6 is 23.4 Å². The highest BCUT2D eigenvalue weighted by molar-refractivity contribution is 8.00. The molecule has 0 radical (unpaired) electrons. The molecule has 27 heavy (non-hydrogen) atoms. The Hall–Kier alpha value is -2.37. The zero-order chi connectivity index (χ0) is 18.6. The zero-order valence-electron chi connectivity index (χ0n) is 14.5. The maximum absolute atomic E-state index is 12.3. The smallest absolute Gasteiger partial charge is 0.230 e. The highest BCUT2D eigenvalue weighted by Gasteiger charge is 2.12. The second-order valence-corrected chi connectivity index (χ2v) is 7.56. The minimum absolute atomic E-state index is 0.0288. The number of nitrogens with one attached hydrogen (secondary N) is 1. The molecular formula is C21H18ClNO3S. The summed E-state index contributed by atoms with van der Waals surface area (Å²) in [5.74, 6) is 1.78. The Labute approximate surface area is 166 Å². The molecule has 138 valence electrons. The third-order valence-electron chi connectivity index (χ3n) is 4.27. The lowest BCUT2D eigenvalue weighted by molar-refractivity contribution is -0.118. The number of hydrogen-bond donors (Lipinski definition) is 1. The first kappa shape index (κ1) is 18.0. The number of rotatable bonds is 5. The fourth-order valence-electron chi connectivity index (χ4n) is 2.98. The van der Waals surface area contributed by atoms with Crippen LogP contribution in [0.1, 0.15) is 5.56 Å². The van der Waals surface area contributed by atoms with Gasteiger partial charge in [0.25, 0.3) is 0 Å². The van der Waals surface area contributed by atoms with Crippen molar-refractivity contribution in [3.8, 4) is 11.5 Å². The molecule has 0 saturated heterocycles. The fourth-order valence-corrected chi connectivity index (χ4v) is 4.25. The normalized spacial score (nSPS) is 12.8. The van der Waals surface area contributed by atoms with Gasteiger partial charge in [0.2, 0.25) is 5.91 Å². The van der Waals surface area contributed by atoms with Crippen LogP contribution < -0.4 is 14.8 Å². The number of benzene rings is 3. The Bertz CT molecular complexity index is 987. The molecule has 0 fully saturated rings. The summed E-state index contributed by atoms with van der Waals surface area (Å²) < 4.78 is 11.1. The van der Waals surface area contributed by atoms with Crippen LogP contribution in [0, 0.1) is 0 Å². The molecule has 0 unspecified atom stereocenters. The van der Waals surface area contributed by atoms with Crippen LogP contribution in [0.2, 0.25) is 5.02 Å². The van der Waals surface area contributed by atoms with E-state index >= 15 is 0 Å². The molecule has 1 aliphatic rings. The van der Waals surface area contributed by atoms with Crippen LogP contribution in [-0.2, 0) is 11.3 Å². The summed E-state index contributed by atoms with van der Waals surface area (Å²) >= 11 is 7.83. The maximum Gasteiger partial charge on any atom is 0.230 e. The van der Waals surface area contributed by atoms with E-state index < -0.39 is 0 Å². The lowest BCUT2D eigenvalue weighted by Crippen LogP contribution is -2.24. The van der Waals surface area contributed by atoms with Gasteiger partial charge in [-0.25, -0.2) is 0 Å². The minimum Gasteiger partial charge on any atom is -0.486 e. The van der Waals surface area contributed by atoms with E-state index in [1.165, 1.54) is 11.8 Å². The molecule has 0 aliphatic carbocycles. The molecular weight excluding hydrogens is 382 g/mol. The number of amides is 1. The van der Waals surface area contributed by atoms with Gasteiger partial charge in [0.1, 0.15) is 13.2 Å². The Morgan fingerprint density at radius 2 is 1.81 bits per heavy atom. The van der Waals surface area contributed by atoms with Gasteiger partial charge < -0.3 is 14.8 Å². The molecule has 1 N–H and O–H groups in total. The average molecular weight is 400 g/mol. The van der Waals surface area contributed by atoms with Crippen LogP contribution in [-0.4, -0.2) is 24.9 Å². The van der Waals surface area contributed by atoms with Gasteiger partial charge in [0.05, 0.1) is 5.75 Å². The standard InChI is InChI=1S/C21H18ClNO3S/c22-16-5-1-3-15-4-2-6-19(21(15)16)27-13-20(24)23-12-14-7-8-17-18(11-14)26-10-9-25-17/h1-8,11H,9-10,12-13H2,(H,23,24). The average Bonchev–Trinajstić information content (AvgIpc) is 2.70. The van der Waals surface area contributed by atoms with Crippen LogP contribution in [0.4, 0.5) is 0 Å². The second kappa shape index (κ2) is 8.11. The first-order chi connectivity index (χ1) is 13.2. The Morgan fingerprint density at radius 1 is 1.04 bits per heavy atom. The molecule has 0 bridgehead atoms. The predicted molar refractivity (Wildman–Crippen MR) is 109 cm³/mol. The van der Waals surface area contributed by atoms with E-state index in [1.54, 1.807) is 0 Å². The molecule has 4 rings (SSSR count). The predicted octanol–water partition coefficient (Wildman–Crippen LogP) is 4.67. The van der Waals surface area contributed by atoms with Gasteiger partial charge in [0.15, 0.2) is 11.5 Å². The third kappa shape index (κ3) is 4.15. The number of thioether (sulfide) groups is 1. The molecule has 1 amide bonds. The Morgan fingerprint density at radius 3 is 2.67 bits per heavy atom. The SMILES string of the molecule is O=C(CSc1cccc2cccc(Cl)c12)NCc1ccc2c(c1)OCCO2. The first-order valence-electron chi connectivity index (χ1n) is 8.66. The fraction of sp³-hybridized carbons (Fsp3) is 0.190. The molecule has 1 heterocycles. The van der Waals surface area contributed by atoms with E-state index in [9.17, 15) is 4.79 Å². The van der Waals surface area contributed by atoms with E-state index in [4.69, 9.17) is 21.1 Å². The third-order valence-corrected chi connectivity index (χ3v) is 5.64. The van der Waals surface area contributed by atoms with Crippen molar-refractivity contribution in [2.75, 3.05) is 19.0 Å². The molecule has 3 aromatic rings. The summed E-state index contributed by atoms with van der Waals surface area (Å²) in [6.07, 6.45) is 0. The van der Waals surface area contributed by atoms with Crippen LogP contribution in [0.3, 0.4) is 0 Å². The van der Waals surface area contributed by atoms with Gasteiger partial charge >= 0.3 is 0 Å². The van der Waals surface area contributed by atoms with Gasteiger partial charge in [-0.1, -0.05) is 41.9 Å². The largest absolute Gasteiger partial charge is 0.486 e. The number of halogens is 1. The second-order valence-electron chi connectivity index (χ2n) is 6.14. The van der Waals surface area contributed by atoms with Crippen molar-refractivity contribution in [3.05, 3.63) is 65.2 Å². The summed E-state index contributed by atoms with van der Waals surface area (Å²) in [4.78, 5) is 13.3. The van der Waals surface area contributed by atoms with Crippen molar-refractivity contribution in [2.45, 2.75) is 11.4 Å². The minimum atomic E-state index is -0.0288. The van der Waals surface area contributed by atoms with Crippen LogP contribution in [0.15, 0.2) is 59.5 Å². The van der Waals surface area contributed by atoms with Gasteiger partial charge in [-0.2, -0.15) is 0 Å². The summed E-state index contributed by atoms with van der Waals surface area (Å²) in [5, 5.41) is 5.72. The van der Waals surface area contributed by atoms with Crippen molar-refractivity contribution < 1.29 is 14.3 Å². The number of ether oxygens (including phenoxy) is 2. The zero-order valence-corrected chi connectivity index (χ0v) is 16.1. The number of carbonyl (C=O) groups is 1. The van der Waals surface area contributed by atoms with Gasteiger partial charge in [-0.15, -0.1) is 11.8 Å². The Balaban J connectivity index is 1.37. The Kier molecular flexibility index (Phi) is 5.41. The molecule has 6 heteroatoms. The van der Waals surface area contributed by atoms with Crippen molar-refractivity contribution in [1.29, 1.82) is 0 Å². The van der Waals surface area contributed by atoms with E-state index in [-0.39, 0.29) is 5.91 Å². The number of hydrogen-bond acceptors (Lipinski definition) is 4. The van der Waals surface area contributed by atoms with E-state index in [0.717, 1.165) is 32.7 Å². The van der Waals surface area contributed by atoms with Crippen LogP contribution in [0.25, 0.3) is 10.8 Å². The first-order valence-corrected chi connectivity index (χ1v) is 10.0. The molecule has 3 aromatic carbocycles. The number of fused-ring (bicyclic) bond motifs is 2. The summed E-state index contributed by atoms with van der Waals surface area (Å²) in [6.45, 7) is 1.57. The molecule has 1 aliphatic heterocycles. The molecule has 0 spiro atoms. The highest BCUT2D eigenvalue weighted by Crippen LogP contribution is 2.33. The van der Waals surface area contributed by atoms with Crippen molar-refractivity contribution in [1.82, 2.24) is 5.32 Å². The van der Waals surface area contributed by atoms with Crippen molar-refractivity contribution in [2.24, 2.45) is 0 Å². The van der Waals surface area contributed by atoms with Gasteiger partial charge in [-0.3, -0.25) is 4.79 Å². The maximum atomic E-state index is 12.3. The van der Waals surface area contributed by atoms with Crippen molar-refractivity contribution in [3.63, 3.8) is 0 Å². The highest BCUT2D eigenvalue weighted by atomic mass is 35.5. The molecule has 0 saturated carbocycles.